The second kappa shape index (κ2) is 5.80. The first-order valence-electron chi connectivity index (χ1n) is 5.91. The van der Waals surface area contributed by atoms with Gasteiger partial charge in [-0.25, -0.2) is 5.48 Å². The van der Waals surface area contributed by atoms with Gasteiger partial charge in [0.05, 0.1) is 18.6 Å². The van der Waals surface area contributed by atoms with Crippen molar-refractivity contribution >= 4 is 5.91 Å². The summed E-state index contributed by atoms with van der Waals surface area (Å²) >= 11 is 0. The minimum absolute atomic E-state index is 0.217. The number of hydrogen-bond donors (Lipinski definition) is 2. The van der Waals surface area contributed by atoms with E-state index in [2.05, 4.69) is 5.48 Å². The fraction of sp³-hybridized carbons (Fsp3) is 0.462. The minimum atomic E-state index is -0.518. The molecule has 0 aliphatic heterocycles. The maximum absolute atomic E-state index is 11.6. The normalized spacial score (nSPS) is 23.6. The van der Waals surface area contributed by atoms with E-state index < -0.39 is 6.10 Å². The van der Waals surface area contributed by atoms with Crippen molar-refractivity contribution in [2.75, 3.05) is 0 Å². The largest absolute Gasteiger partial charge is 0.392 e. The molecule has 17 heavy (non-hydrogen) atoms. The van der Waals surface area contributed by atoms with Gasteiger partial charge in [-0.1, -0.05) is 30.3 Å². The lowest BCUT2D eigenvalue weighted by atomic mass is 10.1. The maximum Gasteiger partial charge on any atom is 0.249 e. The zero-order valence-corrected chi connectivity index (χ0v) is 9.63. The van der Waals surface area contributed by atoms with Crippen molar-refractivity contribution < 1.29 is 14.7 Å². The standard InChI is InChI=1S/C13H17NO3/c15-12-8-4-7-11(12)13(16)14-17-9-10-5-2-1-3-6-10/h1-3,5-6,11-12,15H,4,7-9H2,(H,14,16). The summed E-state index contributed by atoms with van der Waals surface area (Å²) < 4.78 is 0. The molecule has 1 aromatic rings. The first kappa shape index (κ1) is 12.1. The van der Waals surface area contributed by atoms with E-state index in [0.717, 1.165) is 18.4 Å². The lowest BCUT2D eigenvalue weighted by Gasteiger charge is -2.13. The molecule has 2 unspecified atom stereocenters. The first-order chi connectivity index (χ1) is 8.27. The SMILES string of the molecule is O=C(NOCc1ccccc1)C1CCCC1O. The van der Waals surface area contributed by atoms with Crippen molar-refractivity contribution in [1.82, 2.24) is 5.48 Å². The van der Waals surface area contributed by atoms with Crippen LogP contribution in [0.5, 0.6) is 0 Å². The van der Waals surface area contributed by atoms with Gasteiger partial charge in [0.1, 0.15) is 0 Å². The molecular formula is C13H17NO3. The predicted molar refractivity (Wildman–Crippen MR) is 62.7 cm³/mol. The van der Waals surface area contributed by atoms with Crippen LogP contribution in [0.15, 0.2) is 30.3 Å². The molecule has 2 atom stereocenters. The average molecular weight is 235 g/mol. The first-order valence-corrected chi connectivity index (χ1v) is 5.91. The van der Waals surface area contributed by atoms with Crippen molar-refractivity contribution in [1.29, 1.82) is 0 Å². The van der Waals surface area contributed by atoms with E-state index in [1.54, 1.807) is 0 Å². The van der Waals surface area contributed by atoms with Crippen LogP contribution in [-0.2, 0) is 16.2 Å². The molecule has 0 heterocycles. The molecule has 92 valence electrons. The third kappa shape index (κ3) is 3.28. The van der Waals surface area contributed by atoms with Crippen LogP contribution in [0.3, 0.4) is 0 Å². The fourth-order valence-corrected chi connectivity index (χ4v) is 2.09. The van der Waals surface area contributed by atoms with E-state index in [1.807, 2.05) is 30.3 Å². The van der Waals surface area contributed by atoms with Crippen molar-refractivity contribution in [2.45, 2.75) is 32.0 Å². The van der Waals surface area contributed by atoms with Gasteiger partial charge in [-0.05, 0) is 24.8 Å². The number of aliphatic hydroxyl groups excluding tert-OH is 1. The summed E-state index contributed by atoms with van der Waals surface area (Å²) in [5.41, 5.74) is 3.40. The van der Waals surface area contributed by atoms with E-state index in [4.69, 9.17) is 4.84 Å². The van der Waals surface area contributed by atoms with Gasteiger partial charge in [-0.2, -0.15) is 0 Å². The number of amides is 1. The Labute approximate surface area is 101 Å². The molecule has 1 aliphatic rings. The Kier molecular flexibility index (Phi) is 4.12. The molecule has 0 bridgehead atoms. The molecule has 0 saturated heterocycles. The molecule has 4 nitrogen and oxygen atoms in total. The van der Waals surface area contributed by atoms with Crippen molar-refractivity contribution in [3.63, 3.8) is 0 Å². The number of nitrogens with one attached hydrogen (secondary N) is 1. The summed E-state index contributed by atoms with van der Waals surface area (Å²) in [4.78, 5) is 16.8. The topological polar surface area (TPSA) is 58.6 Å². The molecular weight excluding hydrogens is 218 g/mol. The molecule has 1 amide bonds. The number of rotatable bonds is 4. The Balaban J connectivity index is 1.73. The van der Waals surface area contributed by atoms with Crippen LogP contribution in [0.2, 0.25) is 0 Å². The van der Waals surface area contributed by atoms with E-state index in [-0.39, 0.29) is 11.8 Å². The van der Waals surface area contributed by atoms with Crippen molar-refractivity contribution in [3.05, 3.63) is 35.9 Å². The second-order valence-corrected chi connectivity index (χ2v) is 4.35. The van der Waals surface area contributed by atoms with Crippen LogP contribution < -0.4 is 5.48 Å². The lowest BCUT2D eigenvalue weighted by molar-refractivity contribution is -0.141. The highest BCUT2D eigenvalue weighted by Gasteiger charge is 2.31. The van der Waals surface area contributed by atoms with Crippen LogP contribution in [0.4, 0.5) is 0 Å². The van der Waals surface area contributed by atoms with E-state index in [9.17, 15) is 9.90 Å². The van der Waals surface area contributed by atoms with Crippen molar-refractivity contribution in [3.8, 4) is 0 Å². The van der Waals surface area contributed by atoms with E-state index in [0.29, 0.717) is 13.0 Å². The minimum Gasteiger partial charge on any atom is -0.392 e. The molecule has 4 heteroatoms. The maximum atomic E-state index is 11.6. The molecule has 1 aromatic carbocycles. The summed E-state index contributed by atoms with van der Waals surface area (Å²) in [6.07, 6.45) is 1.83. The smallest absolute Gasteiger partial charge is 0.249 e. The Hall–Kier alpha value is -1.39. The number of hydrogen-bond acceptors (Lipinski definition) is 3. The number of hydroxylamine groups is 1. The highest BCUT2D eigenvalue weighted by Crippen LogP contribution is 2.25. The van der Waals surface area contributed by atoms with Gasteiger partial charge in [0.2, 0.25) is 5.91 Å². The zero-order chi connectivity index (χ0) is 12.1. The van der Waals surface area contributed by atoms with E-state index in [1.165, 1.54) is 0 Å². The van der Waals surface area contributed by atoms with Crippen LogP contribution >= 0.6 is 0 Å². The number of benzene rings is 1. The fourth-order valence-electron chi connectivity index (χ4n) is 2.09. The molecule has 2 rings (SSSR count). The van der Waals surface area contributed by atoms with E-state index >= 15 is 0 Å². The summed E-state index contributed by atoms with van der Waals surface area (Å²) in [5, 5.41) is 9.56. The number of carbonyl (C=O) groups excluding carboxylic acids is 1. The second-order valence-electron chi connectivity index (χ2n) is 4.35. The van der Waals surface area contributed by atoms with Crippen LogP contribution in [-0.4, -0.2) is 17.1 Å². The summed E-state index contributed by atoms with van der Waals surface area (Å²) in [6, 6.07) is 9.62. The Morgan fingerprint density at radius 3 is 2.76 bits per heavy atom. The quantitative estimate of drug-likeness (QED) is 0.775. The summed E-state index contributed by atoms with van der Waals surface area (Å²) in [6.45, 7) is 0.343. The van der Waals surface area contributed by atoms with Gasteiger partial charge in [0, 0.05) is 0 Å². The van der Waals surface area contributed by atoms with Crippen LogP contribution in [0, 0.1) is 5.92 Å². The highest BCUT2D eigenvalue weighted by atomic mass is 16.6. The molecule has 1 saturated carbocycles. The molecule has 2 N–H and O–H groups in total. The van der Waals surface area contributed by atoms with Gasteiger partial charge >= 0.3 is 0 Å². The third-order valence-electron chi connectivity index (χ3n) is 3.07. The summed E-state index contributed by atoms with van der Waals surface area (Å²) in [5.74, 6) is -0.531. The lowest BCUT2D eigenvalue weighted by Crippen LogP contribution is -2.34. The predicted octanol–water partition coefficient (Wildman–Crippen LogP) is 1.40. The molecule has 0 aromatic heterocycles. The van der Waals surface area contributed by atoms with Gasteiger partial charge in [0.15, 0.2) is 0 Å². The van der Waals surface area contributed by atoms with Gasteiger partial charge < -0.3 is 5.11 Å². The Morgan fingerprint density at radius 2 is 2.12 bits per heavy atom. The molecule has 1 aliphatic carbocycles. The monoisotopic (exact) mass is 235 g/mol. The van der Waals surface area contributed by atoms with Gasteiger partial charge in [0.25, 0.3) is 0 Å². The van der Waals surface area contributed by atoms with Crippen molar-refractivity contribution in [2.24, 2.45) is 5.92 Å². The van der Waals surface area contributed by atoms with Crippen LogP contribution in [0.1, 0.15) is 24.8 Å². The highest BCUT2D eigenvalue weighted by molar-refractivity contribution is 5.78. The number of carbonyl (C=O) groups is 1. The van der Waals surface area contributed by atoms with Gasteiger partial charge in [-0.3, -0.25) is 9.63 Å². The van der Waals surface area contributed by atoms with Crippen LogP contribution in [0.25, 0.3) is 0 Å². The molecule has 0 radical (unpaired) electrons. The van der Waals surface area contributed by atoms with Gasteiger partial charge in [-0.15, -0.1) is 0 Å². The third-order valence-corrected chi connectivity index (χ3v) is 3.07. The number of aliphatic hydroxyl groups is 1. The molecule has 0 spiro atoms. The summed E-state index contributed by atoms with van der Waals surface area (Å²) in [7, 11) is 0. The average Bonchev–Trinajstić information content (AvgIpc) is 2.77. The Bertz CT molecular complexity index is 366. The molecule has 1 fully saturated rings. The zero-order valence-electron chi connectivity index (χ0n) is 9.63. The Morgan fingerprint density at radius 1 is 1.35 bits per heavy atom.